The summed E-state index contributed by atoms with van der Waals surface area (Å²) in [6, 6.07) is 4.05. The van der Waals surface area contributed by atoms with Gasteiger partial charge in [-0.05, 0) is 24.6 Å². The van der Waals surface area contributed by atoms with Crippen LogP contribution in [0.25, 0.3) is 10.9 Å². The van der Waals surface area contributed by atoms with Crippen LogP contribution in [0.4, 0.5) is 10.1 Å². The van der Waals surface area contributed by atoms with Crippen LogP contribution < -0.4 is 5.32 Å². The molecule has 0 spiro atoms. The third-order valence-electron chi connectivity index (χ3n) is 3.49. The van der Waals surface area contributed by atoms with Crippen molar-refractivity contribution in [1.82, 2.24) is 4.98 Å². The largest absolute Gasteiger partial charge is 0.464 e. The van der Waals surface area contributed by atoms with Crippen molar-refractivity contribution >= 4 is 44.4 Å². The number of nitrogens with one attached hydrogen (secondary N) is 2. The Balaban J connectivity index is 2.38. The standard InChI is InChI=1S/C16H18BrFN2O3/c1-3-4-5-11(17)15(21)20-13-10-8-9(18)6-7-12(10)19-14(13)16(22)23-2/h6-8,11,19H,3-5H2,1-2H3,(H,20,21)/t11-/m0/s1. The lowest BCUT2D eigenvalue weighted by molar-refractivity contribution is -0.115. The molecule has 0 aliphatic rings. The highest BCUT2D eigenvalue weighted by Crippen LogP contribution is 2.30. The normalized spacial score (nSPS) is 12.2. The monoisotopic (exact) mass is 384 g/mol. The minimum atomic E-state index is -0.628. The first-order valence-electron chi connectivity index (χ1n) is 7.32. The molecular formula is C16H18BrFN2O3. The maximum atomic E-state index is 13.5. The Hall–Kier alpha value is -1.89. The summed E-state index contributed by atoms with van der Waals surface area (Å²) in [5.74, 6) is -1.37. The summed E-state index contributed by atoms with van der Waals surface area (Å²) in [6.07, 6.45) is 2.55. The number of rotatable bonds is 6. The Morgan fingerprint density at radius 1 is 1.43 bits per heavy atom. The molecule has 1 aromatic carbocycles. The molecule has 1 heterocycles. The number of amides is 1. The number of aromatic nitrogens is 1. The van der Waals surface area contributed by atoms with Gasteiger partial charge >= 0.3 is 5.97 Å². The predicted octanol–water partition coefficient (Wildman–Crippen LogP) is 3.99. The van der Waals surface area contributed by atoms with Crippen LogP contribution in [-0.2, 0) is 9.53 Å². The zero-order valence-electron chi connectivity index (χ0n) is 12.9. The lowest BCUT2D eigenvalue weighted by atomic mass is 10.1. The molecule has 1 atom stereocenters. The van der Waals surface area contributed by atoms with E-state index in [0.717, 1.165) is 12.8 Å². The van der Waals surface area contributed by atoms with E-state index in [0.29, 0.717) is 17.3 Å². The van der Waals surface area contributed by atoms with Crippen LogP contribution in [0.2, 0.25) is 0 Å². The third-order valence-corrected chi connectivity index (χ3v) is 4.37. The van der Waals surface area contributed by atoms with Gasteiger partial charge in [-0.2, -0.15) is 0 Å². The van der Waals surface area contributed by atoms with Gasteiger partial charge < -0.3 is 15.0 Å². The van der Waals surface area contributed by atoms with Gasteiger partial charge in [-0.15, -0.1) is 0 Å². The third kappa shape index (κ3) is 3.90. The van der Waals surface area contributed by atoms with E-state index in [4.69, 9.17) is 4.74 Å². The summed E-state index contributed by atoms with van der Waals surface area (Å²) in [5.41, 5.74) is 0.871. The molecule has 5 nitrogen and oxygen atoms in total. The lowest BCUT2D eigenvalue weighted by Gasteiger charge is -2.11. The number of benzene rings is 1. The number of anilines is 1. The van der Waals surface area contributed by atoms with E-state index in [1.165, 1.54) is 25.3 Å². The van der Waals surface area contributed by atoms with E-state index in [1.54, 1.807) is 0 Å². The summed E-state index contributed by atoms with van der Waals surface area (Å²) in [7, 11) is 1.24. The maximum Gasteiger partial charge on any atom is 0.356 e. The minimum absolute atomic E-state index is 0.0941. The Labute approximate surface area is 141 Å². The number of ether oxygens (including phenoxy) is 1. The fourth-order valence-corrected chi connectivity index (χ4v) is 2.70. The number of carbonyl (C=O) groups excluding carboxylic acids is 2. The molecule has 1 amide bonds. The van der Waals surface area contributed by atoms with Crippen LogP contribution in [0.5, 0.6) is 0 Å². The van der Waals surface area contributed by atoms with Crippen LogP contribution >= 0.6 is 15.9 Å². The topological polar surface area (TPSA) is 71.2 Å². The highest BCUT2D eigenvalue weighted by molar-refractivity contribution is 9.10. The van der Waals surface area contributed by atoms with Crippen LogP contribution in [0.15, 0.2) is 18.2 Å². The molecule has 0 saturated heterocycles. The molecular weight excluding hydrogens is 367 g/mol. The van der Waals surface area contributed by atoms with Gasteiger partial charge in [0.2, 0.25) is 5.91 Å². The Morgan fingerprint density at radius 2 is 2.17 bits per heavy atom. The number of esters is 1. The van der Waals surface area contributed by atoms with Crippen molar-refractivity contribution in [3.05, 3.63) is 29.7 Å². The number of hydrogen-bond donors (Lipinski definition) is 2. The summed E-state index contributed by atoms with van der Waals surface area (Å²) in [4.78, 5) is 26.7. The zero-order chi connectivity index (χ0) is 17.0. The first-order chi connectivity index (χ1) is 11.0. The molecule has 0 aliphatic carbocycles. The lowest BCUT2D eigenvalue weighted by Crippen LogP contribution is -2.23. The van der Waals surface area contributed by atoms with E-state index in [9.17, 15) is 14.0 Å². The molecule has 1 aromatic heterocycles. The van der Waals surface area contributed by atoms with Crippen molar-refractivity contribution in [1.29, 1.82) is 0 Å². The smallest absolute Gasteiger partial charge is 0.356 e. The number of unbranched alkanes of at least 4 members (excludes halogenated alkanes) is 1. The van der Waals surface area contributed by atoms with Crippen molar-refractivity contribution < 1.29 is 18.7 Å². The fourth-order valence-electron chi connectivity index (χ4n) is 2.27. The van der Waals surface area contributed by atoms with Crippen LogP contribution in [0.1, 0.15) is 36.7 Å². The van der Waals surface area contributed by atoms with E-state index >= 15 is 0 Å². The van der Waals surface area contributed by atoms with Crippen molar-refractivity contribution in [3.8, 4) is 0 Å². The van der Waals surface area contributed by atoms with E-state index in [2.05, 4.69) is 26.2 Å². The van der Waals surface area contributed by atoms with Crippen LogP contribution in [-0.4, -0.2) is 28.8 Å². The molecule has 2 N–H and O–H groups in total. The second-order valence-corrected chi connectivity index (χ2v) is 6.26. The van der Waals surface area contributed by atoms with Gasteiger partial charge in [0.05, 0.1) is 17.6 Å². The number of halogens is 2. The van der Waals surface area contributed by atoms with E-state index in [1.807, 2.05) is 6.92 Å². The first-order valence-corrected chi connectivity index (χ1v) is 8.24. The second-order valence-electron chi connectivity index (χ2n) is 5.16. The molecule has 0 bridgehead atoms. The molecule has 7 heteroatoms. The van der Waals surface area contributed by atoms with Gasteiger partial charge in [-0.3, -0.25) is 4.79 Å². The number of alkyl halides is 1. The van der Waals surface area contributed by atoms with Gasteiger partial charge in [0, 0.05) is 10.9 Å². The van der Waals surface area contributed by atoms with Gasteiger partial charge in [0.15, 0.2) is 0 Å². The molecule has 0 radical (unpaired) electrons. The molecule has 2 rings (SSSR count). The molecule has 0 aliphatic heterocycles. The van der Waals surface area contributed by atoms with Crippen LogP contribution in [0.3, 0.4) is 0 Å². The number of H-pyrrole nitrogens is 1. The zero-order valence-corrected chi connectivity index (χ0v) is 14.5. The Morgan fingerprint density at radius 3 is 2.83 bits per heavy atom. The summed E-state index contributed by atoms with van der Waals surface area (Å²) in [5, 5.41) is 3.13. The van der Waals surface area contributed by atoms with Crippen molar-refractivity contribution in [2.75, 3.05) is 12.4 Å². The number of carbonyl (C=O) groups is 2. The number of methoxy groups -OCH3 is 1. The summed E-state index contributed by atoms with van der Waals surface area (Å²) in [6.45, 7) is 2.04. The quantitative estimate of drug-likeness (QED) is 0.584. The minimum Gasteiger partial charge on any atom is -0.464 e. The van der Waals surface area contributed by atoms with Crippen molar-refractivity contribution in [2.45, 2.75) is 31.0 Å². The molecule has 0 saturated carbocycles. The predicted molar refractivity (Wildman–Crippen MR) is 90.5 cm³/mol. The van der Waals surface area contributed by atoms with Gasteiger partial charge in [0.25, 0.3) is 0 Å². The summed E-state index contributed by atoms with van der Waals surface area (Å²) >= 11 is 3.33. The number of fused-ring (bicyclic) bond motifs is 1. The van der Waals surface area contributed by atoms with Crippen molar-refractivity contribution in [2.24, 2.45) is 0 Å². The molecule has 0 fully saturated rings. The molecule has 124 valence electrons. The first kappa shape index (κ1) is 17.5. The van der Waals surface area contributed by atoms with Gasteiger partial charge in [-0.1, -0.05) is 35.7 Å². The average molecular weight is 385 g/mol. The van der Waals surface area contributed by atoms with Gasteiger partial charge in [-0.25, -0.2) is 9.18 Å². The van der Waals surface area contributed by atoms with Crippen molar-refractivity contribution in [3.63, 3.8) is 0 Å². The molecule has 2 aromatic rings. The summed E-state index contributed by atoms with van der Waals surface area (Å²) < 4.78 is 18.2. The number of hydrogen-bond acceptors (Lipinski definition) is 3. The van der Waals surface area contributed by atoms with E-state index < -0.39 is 11.8 Å². The average Bonchev–Trinajstić information content (AvgIpc) is 2.89. The van der Waals surface area contributed by atoms with Crippen LogP contribution in [0, 0.1) is 5.82 Å². The maximum absolute atomic E-state index is 13.5. The fraction of sp³-hybridized carbons (Fsp3) is 0.375. The second kappa shape index (κ2) is 7.59. The van der Waals surface area contributed by atoms with E-state index in [-0.39, 0.29) is 22.1 Å². The molecule has 23 heavy (non-hydrogen) atoms. The Bertz CT molecular complexity index is 729. The highest BCUT2D eigenvalue weighted by atomic mass is 79.9. The van der Waals surface area contributed by atoms with Gasteiger partial charge in [0.1, 0.15) is 11.5 Å². The molecule has 0 unspecified atom stereocenters. The Kier molecular flexibility index (Phi) is 5.76. The number of aromatic amines is 1. The highest BCUT2D eigenvalue weighted by Gasteiger charge is 2.23. The SMILES string of the molecule is CCCC[C@H](Br)C(=O)Nc1c(C(=O)OC)[nH]c2ccc(F)cc12.